The SMILES string of the molecule is COc1ccc(C(O)=C2C(=O)C(=O)N(c3ccc(-c4cccnc4)cc3)C2C2CCCCC2)cc1. The molecule has 1 aliphatic carbocycles. The lowest BCUT2D eigenvalue weighted by atomic mass is 9.80. The average Bonchev–Trinajstić information content (AvgIpc) is 3.19. The molecular formula is C29H28N2O4. The molecule has 2 aromatic carbocycles. The number of methoxy groups -OCH3 is 1. The molecule has 1 atom stereocenters. The molecule has 1 unspecified atom stereocenters. The lowest BCUT2D eigenvalue weighted by Crippen LogP contribution is -2.40. The molecule has 1 aliphatic heterocycles. The number of hydrogen-bond donors (Lipinski definition) is 1. The van der Waals surface area contributed by atoms with Gasteiger partial charge in [-0.05, 0) is 72.4 Å². The summed E-state index contributed by atoms with van der Waals surface area (Å²) in [6, 6.07) is 17.9. The number of ether oxygens (including phenoxy) is 1. The first-order chi connectivity index (χ1) is 17.1. The van der Waals surface area contributed by atoms with Gasteiger partial charge in [0.1, 0.15) is 11.5 Å². The first kappa shape index (κ1) is 22.8. The maximum atomic E-state index is 13.4. The van der Waals surface area contributed by atoms with E-state index in [9.17, 15) is 14.7 Å². The molecule has 0 radical (unpaired) electrons. The summed E-state index contributed by atoms with van der Waals surface area (Å²) in [6.45, 7) is 0. The minimum Gasteiger partial charge on any atom is -0.507 e. The third kappa shape index (κ3) is 4.32. The fourth-order valence-corrected chi connectivity index (χ4v) is 5.29. The van der Waals surface area contributed by atoms with E-state index in [4.69, 9.17) is 4.74 Å². The highest BCUT2D eigenvalue weighted by Crippen LogP contribution is 2.41. The number of rotatable bonds is 5. The summed E-state index contributed by atoms with van der Waals surface area (Å²) < 4.78 is 5.21. The van der Waals surface area contributed by atoms with Crippen LogP contribution in [0.1, 0.15) is 37.7 Å². The molecular weight excluding hydrogens is 440 g/mol. The van der Waals surface area contributed by atoms with Gasteiger partial charge in [-0.25, -0.2) is 0 Å². The fourth-order valence-electron chi connectivity index (χ4n) is 5.29. The zero-order valence-electron chi connectivity index (χ0n) is 19.7. The second-order valence-corrected chi connectivity index (χ2v) is 9.13. The Bertz CT molecular complexity index is 1240. The van der Waals surface area contributed by atoms with Gasteiger partial charge < -0.3 is 9.84 Å². The van der Waals surface area contributed by atoms with Crippen LogP contribution in [-0.2, 0) is 9.59 Å². The number of Topliss-reactive ketones (excluding diaryl/α,β-unsaturated/α-hetero) is 1. The Morgan fingerprint density at radius 2 is 1.66 bits per heavy atom. The summed E-state index contributed by atoms with van der Waals surface area (Å²) in [6.07, 6.45) is 8.59. The van der Waals surface area contributed by atoms with Crippen LogP contribution in [0, 0.1) is 5.92 Å². The number of aliphatic hydroxyl groups is 1. The molecule has 35 heavy (non-hydrogen) atoms. The predicted molar refractivity (Wildman–Crippen MR) is 135 cm³/mol. The summed E-state index contributed by atoms with van der Waals surface area (Å²) in [4.78, 5) is 32.5. The monoisotopic (exact) mass is 468 g/mol. The molecule has 0 spiro atoms. The smallest absolute Gasteiger partial charge is 0.299 e. The van der Waals surface area contributed by atoms with Crippen molar-refractivity contribution in [1.82, 2.24) is 4.98 Å². The highest BCUT2D eigenvalue weighted by Gasteiger charge is 2.49. The molecule has 6 nitrogen and oxygen atoms in total. The number of carbonyl (C=O) groups excluding carboxylic acids is 2. The van der Waals surface area contributed by atoms with E-state index >= 15 is 0 Å². The zero-order valence-corrected chi connectivity index (χ0v) is 19.7. The maximum Gasteiger partial charge on any atom is 0.299 e. The minimum atomic E-state index is -0.634. The Kier molecular flexibility index (Phi) is 6.36. The molecule has 2 fully saturated rings. The predicted octanol–water partition coefficient (Wildman–Crippen LogP) is 5.59. The summed E-state index contributed by atoms with van der Waals surface area (Å²) in [5.74, 6) is -0.599. The molecule has 1 aromatic heterocycles. The molecule has 3 aromatic rings. The Morgan fingerprint density at radius 3 is 2.29 bits per heavy atom. The third-order valence-corrected chi connectivity index (χ3v) is 7.09. The van der Waals surface area contributed by atoms with E-state index in [1.807, 2.05) is 36.4 Å². The largest absolute Gasteiger partial charge is 0.507 e. The number of amides is 1. The normalized spacial score (nSPS) is 20.3. The number of hydrogen-bond acceptors (Lipinski definition) is 5. The number of carbonyl (C=O) groups is 2. The van der Waals surface area contributed by atoms with Crippen LogP contribution < -0.4 is 9.64 Å². The van der Waals surface area contributed by atoms with E-state index in [1.54, 1.807) is 48.7 Å². The van der Waals surface area contributed by atoms with E-state index in [2.05, 4.69) is 4.98 Å². The van der Waals surface area contributed by atoms with Crippen LogP contribution in [0.2, 0.25) is 0 Å². The van der Waals surface area contributed by atoms with E-state index < -0.39 is 17.7 Å². The molecule has 1 saturated carbocycles. The van der Waals surface area contributed by atoms with Crippen molar-refractivity contribution in [2.75, 3.05) is 12.0 Å². The Morgan fingerprint density at radius 1 is 0.943 bits per heavy atom. The first-order valence-electron chi connectivity index (χ1n) is 12.0. The van der Waals surface area contributed by atoms with Crippen LogP contribution in [0.4, 0.5) is 5.69 Å². The topological polar surface area (TPSA) is 79.7 Å². The molecule has 0 bridgehead atoms. The van der Waals surface area contributed by atoms with Crippen LogP contribution >= 0.6 is 0 Å². The molecule has 6 heteroatoms. The van der Waals surface area contributed by atoms with Crippen LogP contribution in [0.3, 0.4) is 0 Å². The van der Waals surface area contributed by atoms with Gasteiger partial charge in [-0.2, -0.15) is 0 Å². The van der Waals surface area contributed by atoms with Crippen molar-refractivity contribution < 1.29 is 19.4 Å². The van der Waals surface area contributed by atoms with Gasteiger partial charge in [-0.1, -0.05) is 37.5 Å². The van der Waals surface area contributed by atoms with Crippen LogP contribution in [-0.4, -0.2) is 34.9 Å². The number of anilines is 1. The molecule has 2 heterocycles. The molecule has 1 saturated heterocycles. The fraction of sp³-hybridized carbons (Fsp3) is 0.276. The third-order valence-electron chi connectivity index (χ3n) is 7.09. The van der Waals surface area contributed by atoms with Crippen molar-refractivity contribution in [2.45, 2.75) is 38.1 Å². The zero-order chi connectivity index (χ0) is 24.4. The number of benzene rings is 2. The molecule has 1 N–H and O–H groups in total. The Balaban J connectivity index is 1.57. The Hall–Kier alpha value is -3.93. The second kappa shape index (κ2) is 9.74. The molecule has 5 rings (SSSR count). The number of pyridine rings is 1. The lowest BCUT2D eigenvalue weighted by molar-refractivity contribution is -0.132. The number of aliphatic hydroxyl groups excluding tert-OH is 1. The van der Waals surface area contributed by atoms with Crippen molar-refractivity contribution in [3.8, 4) is 16.9 Å². The van der Waals surface area contributed by atoms with Crippen LogP contribution in [0.5, 0.6) is 5.75 Å². The van der Waals surface area contributed by atoms with Crippen molar-refractivity contribution >= 4 is 23.1 Å². The van der Waals surface area contributed by atoms with Crippen molar-refractivity contribution in [2.24, 2.45) is 5.92 Å². The summed E-state index contributed by atoms with van der Waals surface area (Å²) in [7, 11) is 1.57. The van der Waals surface area contributed by atoms with E-state index in [-0.39, 0.29) is 17.3 Å². The van der Waals surface area contributed by atoms with Crippen molar-refractivity contribution in [3.05, 3.63) is 84.2 Å². The maximum absolute atomic E-state index is 13.4. The van der Waals surface area contributed by atoms with Crippen molar-refractivity contribution in [1.29, 1.82) is 0 Å². The van der Waals surface area contributed by atoms with Gasteiger partial charge >= 0.3 is 0 Å². The van der Waals surface area contributed by atoms with Crippen molar-refractivity contribution in [3.63, 3.8) is 0 Å². The van der Waals surface area contributed by atoms with Crippen LogP contribution in [0.15, 0.2) is 78.6 Å². The molecule has 178 valence electrons. The van der Waals surface area contributed by atoms with E-state index in [1.165, 1.54) is 0 Å². The van der Waals surface area contributed by atoms with Gasteiger partial charge in [-0.3, -0.25) is 19.5 Å². The highest BCUT2D eigenvalue weighted by molar-refractivity contribution is 6.51. The average molecular weight is 469 g/mol. The molecule has 2 aliphatic rings. The van der Waals surface area contributed by atoms with E-state index in [0.717, 1.165) is 43.2 Å². The van der Waals surface area contributed by atoms with E-state index in [0.29, 0.717) is 17.0 Å². The van der Waals surface area contributed by atoms with Gasteiger partial charge in [0.25, 0.3) is 11.7 Å². The number of ketones is 1. The second-order valence-electron chi connectivity index (χ2n) is 9.13. The summed E-state index contributed by atoms with van der Waals surface area (Å²) in [5, 5.41) is 11.3. The minimum absolute atomic E-state index is 0.104. The number of nitrogens with zero attached hydrogens (tertiary/aromatic N) is 2. The quantitative estimate of drug-likeness (QED) is 0.300. The molecule has 1 amide bonds. The lowest BCUT2D eigenvalue weighted by Gasteiger charge is -2.34. The van der Waals surface area contributed by atoms with Gasteiger partial charge in [-0.15, -0.1) is 0 Å². The summed E-state index contributed by atoms with van der Waals surface area (Å²) in [5.41, 5.74) is 3.30. The van der Waals surface area contributed by atoms with Gasteiger partial charge in [0.2, 0.25) is 0 Å². The van der Waals surface area contributed by atoms with Gasteiger partial charge in [0, 0.05) is 23.6 Å². The highest BCUT2D eigenvalue weighted by atomic mass is 16.5. The Labute approximate surface area is 204 Å². The van der Waals surface area contributed by atoms with Gasteiger partial charge in [0.15, 0.2) is 0 Å². The summed E-state index contributed by atoms with van der Waals surface area (Å²) >= 11 is 0. The van der Waals surface area contributed by atoms with Gasteiger partial charge in [0.05, 0.1) is 18.7 Å². The standard InChI is InChI=1S/C29H28N2O4/c1-35-24-15-11-21(12-16-24)27(32)25-26(20-6-3-2-4-7-20)31(29(34)28(25)33)23-13-9-19(10-14-23)22-8-5-17-30-18-22/h5,8-18,20,26,32H,2-4,6-7H2,1H3. The van der Waals surface area contributed by atoms with Crippen LogP contribution in [0.25, 0.3) is 16.9 Å². The first-order valence-corrected chi connectivity index (χ1v) is 12.0. The number of aromatic nitrogens is 1.